The molecule has 1 aliphatic carbocycles. The Morgan fingerprint density at radius 2 is 1.62 bits per heavy atom. The van der Waals surface area contributed by atoms with Crippen molar-refractivity contribution in [2.75, 3.05) is 6.54 Å². The Balaban J connectivity index is 1.70. The van der Waals surface area contributed by atoms with Gasteiger partial charge in [-0.3, -0.25) is 19.2 Å². The van der Waals surface area contributed by atoms with E-state index in [0.717, 1.165) is 15.6 Å². The monoisotopic (exact) mass is 450 g/mol. The van der Waals surface area contributed by atoms with E-state index in [-0.39, 0.29) is 17.3 Å². The molecule has 2 aromatic rings. The van der Waals surface area contributed by atoms with Crippen molar-refractivity contribution in [3.05, 3.63) is 82.4 Å². The average Bonchev–Trinajstić information content (AvgIpc) is 3.03. The summed E-state index contributed by atoms with van der Waals surface area (Å²) in [7, 11) is 0. The first-order valence-corrected chi connectivity index (χ1v) is 10.9. The topological polar surface area (TPSA) is 74.8 Å². The number of nitrogens with zero attached hydrogens (tertiary/aromatic N) is 2. The van der Waals surface area contributed by atoms with Gasteiger partial charge >= 0.3 is 0 Å². The molecule has 164 valence electrons. The molecular weight excluding hydrogens is 428 g/mol. The molecule has 6 nitrogen and oxygen atoms in total. The van der Waals surface area contributed by atoms with Gasteiger partial charge in [0.25, 0.3) is 17.7 Å². The molecule has 0 radical (unpaired) electrons. The van der Waals surface area contributed by atoms with Crippen molar-refractivity contribution >= 4 is 35.1 Å². The first kappa shape index (κ1) is 22.0. The third kappa shape index (κ3) is 3.98. The highest BCUT2D eigenvalue weighted by Crippen LogP contribution is 2.39. The quantitative estimate of drug-likeness (QED) is 0.390. The van der Waals surface area contributed by atoms with E-state index in [9.17, 15) is 19.2 Å². The number of carbonyl (C=O) groups excluding carboxylic acids is 4. The zero-order chi connectivity index (χ0) is 23.0. The van der Waals surface area contributed by atoms with Crippen molar-refractivity contribution in [2.24, 2.45) is 17.8 Å². The summed E-state index contributed by atoms with van der Waals surface area (Å²) in [6, 6.07) is 13.1. The fourth-order valence-corrected chi connectivity index (χ4v) is 4.44. The molecule has 0 bridgehead atoms. The van der Waals surface area contributed by atoms with Crippen LogP contribution in [0.4, 0.5) is 0 Å². The predicted octanol–water partition coefficient (Wildman–Crippen LogP) is 4.09. The number of fused-ring (bicyclic) bond motifs is 1. The molecule has 0 saturated carbocycles. The van der Waals surface area contributed by atoms with Crippen LogP contribution >= 0.6 is 11.6 Å². The summed E-state index contributed by atoms with van der Waals surface area (Å²) < 4.78 is 0. The number of rotatable bonds is 5. The van der Waals surface area contributed by atoms with Crippen LogP contribution in [0.25, 0.3) is 0 Å². The standard InChI is InChI=1S/C25H23ClN2O4/c1-15-6-8-17(9-7-15)21(29)14-27(23(30)18-10-12-19(26)13-11-18)28-24(31)20-5-3-4-16(2)22(20)25(28)32/h3-4,6-13,16,20,22H,5,14H2,1-2H3/t16-,20+,22+/m0/s1. The second kappa shape index (κ2) is 8.71. The summed E-state index contributed by atoms with van der Waals surface area (Å²) in [5.74, 6) is -3.07. The number of aryl methyl sites for hydroxylation is 1. The lowest BCUT2D eigenvalue weighted by Gasteiger charge is -2.30. The van der Waals surface area contributed by atoms with Crippen molar-refractivity contribution in [1.82, 2.24) is 10.0 Å². The maximum absolute atomic E-state index is 13.4. The molecule has 2 aliphatic rings. The summed E-state index contributed by atoms with van der Waals surface area (Å²) in [5, 5.41) is 2.33. The lowest BCUT2D eigenvalue weighted by Crippen LogP contribution is -2.52. The Kier molecular flexibility index (Phi) is 5.98. The fourth-order valence-electron chi connectivity index (χ4n) is 4.31. The van der Waals surface area contributed by atoms with Crippen LogP contribution in [0, 0.1) is 24.7 Å². The van der Waals surface area contributed by atoms with Crippen LogP contribution in [-0.4, -0.2) is 40.1 Å². The highest BCUT2D eigenvalue weighted by Gasteiger charge is 2.53. The molecule has 4 rings (SSSR count). The van der Waals surface area contributed by atoms with Gasteiger partial charge in [-0.1, -0.05) is 60.5 Å². The van der Waals surface area contributed by atoms with Gasteiger partial charge in [0.2, 0.25) is 0 Å². The van der Waals surface area contributed by atoms with Gasteiger partial charge < -0.3 is 0 Å². The van der Waals surface area contributed by atoms with E-state index in [1.165, 1.54) is 12.1 Å². The predicted molar refractivity (Wildman–Crippen MR) is 120 cm³/mol. The molecule has 1 saturated heterocycles. The Bertz CT molecular complexity index is 1110. The minimum Gasteiger partial charge on any atom is -0.292 e. The summed E-state index contributed by atoms with van der Waals surface area (Å²) in [4.78, 5) is 53.0. The lowest BCUT2D eigenvalue weighted by atomic mass is 9.78. The number of halogens is 1. The largest absolute Gasteiger partial charge is 0.292 e. The fraction of sp³-hybridized carbons (Fsp3) is 0.280. The molecule has 3 amide bonds. The lowest BCUT2D eigenvalue weighted by molar-refractivity contribution is -0.154. The number of amides is 3. The van der Waals surface area contributed by atoms with Gasteiger partial charge in [-0.15, -0.1) is 0 Å². The number of carbonyl (C=O) groups is 4. The Morgan fingerprint density at radius 1 is 1.00 bits per heavy atom. The third-order valence-corrected chi connectivity index (χ3v) is 6.34. The molecule has 0 aromatic heterocycles. The van der Waals surface area contributed by atoms with Crippen LogP contribution in [0.15, 0.2) is 60.7 Å². The average molecular weight is 451 g/mol. The van der Waals surface area contributed by atoms with Crippen molar-refractivity contribution < 1.29 is 19.2 Å². The van der Waals surface area contributed by atoms with Crippen LogP contribution in [0.5, 0.6) is 0 Å². The minimum atomic E-state index is -0.608. The number of benzene rings is 2. The maximum atomic E-state index is 13.4. The molecule has 0 spiro atoms. The summed E-state index contributed by atoms with van der Waals surface area (Å²) >= 11 is 5.94. The van der Waals surface area contributed by atoms with Crippen molar-refractivity contribution in [1.29, 1.82) is 0 Å². The van der Waals surface area contributed by atoms with Gasteiger partial charge in [-0.05, 0) is 43.5 Å². The number of ketones is 1. The van der Waals surface area contributed by atoms with E-state index in [0.29, 0.717) is 17.0 Å². The van der Waals surface area contributed by atoms with Crippen LogP contribution in [0.1, 0.15) is 39.6 Å². The first-order valence-electron chi connectivity index (χ1n) is 10.5. The van der Waals surface area contributed by atoms with Gasteiger partial charge in [-0.2, -0.15) is 5.01 Å². The molecular formula is C25H23ClN2O4. The van der Waals surface area contributed by atoms with Gasteiger partial charge in [0.1, 0.15) is 6.54 Å². The third-order valence-electron chi connectivity index (χ3n) is 6.08. The van der Waals surface area contributed by atoms with Crippen LogP contribution in [0.2, 0.25) is 5.02 Å². The number of hydrogen-bond donors (Lipinski definition) is 0. The van der Waals surface area contributed by atoms with E-state index in [1.54, 1.807) is 36.4 Å². The number of imide groups is 1. The van der Waals surface area contributed by atoms with Crippen molar-refractivity contribution in [3.63, 3.8) is 0 Å². The Morgan fingerprint density at radius 3 is 2.25 bits per heavy atom. The molecule has 0 unspecified atom stereocenters. The molecule has 1 heterocycles. The Labute approximate surface area is 191 Å². The van der Waals surface area contributed by atoms with Gasteiger partial charge in [0.15, 0.2) is 5.78 Å². The van der Waals surface area contributed by atoms with E-state index < -0.39 is 36.1 Å². The molecule has 0 N–H and O–H groups in total. The highest BCUT2D eigenvalue weighted by molar-refractivity contribution is 6.30. The molecule has 1 fully saturated rings. The van der Waals surface area contributed by atoms with E-state index in [2.05, 4.69) is 0 Å². The normalized spacial score (nSPS) is 22.1. The molecule has 2 aromatic carbocycles. The van der Waals surface area contributed by atoms with Gasteiger partial charge in [0.05, 0.1) is 11.8 Å². The molecule has 32 heavy (non-hydrogen) atoms. The number of Topliss-reactive ketones (excluding diaryl/α,β-unsaturated/α-hetero) is 1. The SMILES string of the molecule is Cc1ccc(C(=O)CN(C(=O)c2ccc(Cl)cc2)N2C(=O)[C@@H]3[C@@H](C)C=CC[C@H]3C2=O)cc1. The molecule has 1 aliphatic heterocycles. The number of hydrazine groups is 1. The van der Waals surface area contributed by atoms with E-state index in [1.807, 2.05) is 26.0 Å². The van der Waals surface area contributed by atoms with Crippen molar-refractivity contribution in [2.45, 2.75) is 20.3 Å². The van der Waals surface area contributed by atoms with E-state index in [4.69, 9.17) is 11.6 Å². The molecule has 3 atom stereocenters. The van der Waals surface area contributed by atoms with Crippen LogP contribution < -0.4 is 0 Å². The van der Waals surface area contributed by atoms with Crippen LogP contribution in [0.3, 0.4) is 0 Å². The van der Waals surface area contributed by atoms with Crippen LogP contribution in [-0.2, 0) is 9.59 Å². The Hall–Kier alpha value is -3.25. The summed E-state index contributed by atoms with van der Waals surface area (Å²) in [6.07, 6.45) is 4.24. The first-order chi connectivity index (χ1) is 15.3. The molecule has 7 heteroatoms. The number of allylic oxidation sites excluding steroid dienone is 2. The smallest absolute Gasteiger partial charge is 0.273 e. The summed E-state index contributed by atoms with van der Waals surface area (Å²) in [5.41, 5.74) is 1.62. The van der Waals surface area contributed by atoms with Gasteiger partial charge in [-0.25, -0.2) is 5.01 Å². The maximum Gasteiger partial charge on any atom is 0.273 e. The van der Waals surface area contributed by atoms with Crippen molar-refractivity contribution in [3.8, 4) is 0 Å². The second-order valence-electron chi connectivity index (χ2n) is 8.30. The second-order valence-corrected chi connectivity index (χ2v) is 8.74. The summed E-state index contributed by atoms with van der Waals surface area (Å²) in [6.45, 7) is 3.36. The zero-order valence-electron chi connectivity index (χ0n) is 17.8. The number of hydrogen-bond acceptors (Lipinski definition) is 4. The zero-order valence-corrected chi connectivity index (χ0v) is 18.6. The van der Waals surface area contributed by atoms with Gasteiger partial charge in [0, 0.05) is 16.1 Å². The van der Waals surface area contributed by atoms with E-state index >= 15 is 0 Å². The highest BCUT2D eigenvalue weighted by atomic mass is 35.5. The minimum absolute atomic E-state index is 0.129.